The molecule has 0 aliphatic rings. The Labute approximate surface area is 108 Å². The zero-order valence-corrected chi connectivity index (χ0v) is 11.4. The summed E-state index contributed by atoms with van der Waals surface area (Å²) >= 11 is 0. The normalized spacial score (nSPS) is 13.3. The summed E-state index contributed by atoms with van der Waals surface area (Å²) in [5.41, 5.74) is 2.25. The van der Waals surface area contributed by atoms with Crippen molar-refractivity contribution in [3.05, 3.63) is 30.1 Å². The molecule has 98 valence electrons. The average molecular weight is 246 g/mol. The molecule has 4 nitrogen and oxygen atoms in total. The summed E-state index contributed by atoms with van der Waals surface area (Å²) < 4.78 is 0. The van der Waals surface area contributed by atoms with E-state index in [1.54, 1.807) is 0 Å². The third kappa shape index (κ3) is 3.31. The van der Waals surface area contributed by atoms with E-state index in [2.05, 4.69) is 47.3 Å². The molecule has 4 heteroatoms. The van der Waals surface area contributed by atoms with Crippen molar-refractivity contribution in [1.82, 2.24) is 20.2 Å². The summed E-state index contributed by atoms with van der Waals surface area (Å²) in [5.74, 6) is 0. The van der Waals surface area contributed by atoms with Gasteiger partial charge in [-0.05, 0) is 51.7 Å². The van der Waals surface area contributed by atoms with Crippen molar-refractivity contribution in [3.8, 4) is 0 Å². The molecule has 0 spiro atoms. The molecular formula is C14H22N4. The second-order valence-electron chi connectivity index (χ2n) is 5.09. The van der Waals surface area contributed by atoms with E-state index in [9.17, 15) is 0 Å². The van der Waals surface area contributed by atoms with Gasteiger partial charge in [-0.25, -0.2) is 4.98 Å². The van der Waals surface area contributed by atoms with E-state index in [1.165, 1.54) is 10.9 Å². The number of nitrogens with one attached hydrogen (secondary N) is 2. The van der Waals surface area contributed by atoms with Crippen molar-refractivity contribution in [3.63, 3.8) is 0 Å². The first kappa shape index (κ1) is 13.1. The van der Waals surface area contributed by atoms with Crippen LogP contribution in [-0.4, -0.2) is 41.5 Å². The highest BCUT2D eigenvalue weighted by Crippen LogP contribution is 2.15. The van der Waals surface area contributed by atoms with E-state index < -0.39 is 0 Å². The fourth-order valence-electron chi connectivity index (χ4n) is 2.00. The highest BCUT2D eigenvalue weighted by atomic mass is 15.1. The van der Waals surface area contributed by atoms with E-state index >= 15 is 0 Å². The van der Waals surface area contributed by atoms with Crippen LogP contribution >= 0.6 is 0 Å². The van der Waals surface area contributed by atoms with Crippen molar-refractivity contribution in [2.75, 3.05) is 20.6 Å². The Morgan fingerprint density at radius 2 is 2.28 bits per heavy atom. The fraction of sp³-hybridized carbons (Fsp3) is 0.500. The van der Waals surface area contributed by atoms with Crippen molar-refractivity contribution in [2.24, 2.45) is 0 Å². The van der Waals surface area contributed by atoms with Crippen molar-refractivity contribution >= 4 is 11.0 Å². The molecule has 0 amide bonds. The first-order valence-corrected chi connectivity index (χ1v) is 6.46. The fourth-order valence-corrected chi connectivity index (χ4v) is 2.00. The number of nitrogens with zero attached hydrogens (tertiary/aromatic N) is 2. The Morgan fingerprint density at radius 1 is 1.44 bits per heavy atom. The summed E-state index contributed by atoms with van der Waals surface area (Å²) in [6.45, 7) is 4.24. The van der Waals surface area contributed by atoms with Crippen molar-refractivity contribution < 1.29 is 0 Å². The van der Waals surface area contributed by atoms with Gasteiger partial charge in [0.05, 0.1) is 0 Å². The smallest absolute Gasteiger partial charge is 0.137 e. The maximum absolute atomic E-state index is 4.30. The molecule has 0 aliphatic heterocycles. The Morgan fingerprint density at radius 3 is 3.06 bits per heavy atom. The molecule has 18 heavy (non-hydrogen) atoms. The van der Waals surface area contributed by atoms with Crippen LogP contribution in [0.3, 0.4) is 0 Å². The maximum atomic E-state index is 4.30. The predicted octanol–water partition coefficient (Wildman–Crippen LogP) is 1.99. The molecule has 2 N–H and O–H groups in total. The first-order chi connectivity index (χ1) is 8.66. The topological polar surface area (TPSA) is 44.0 Å². The van der Waals surface area contributed by atoms with Crippen LogP contribution < -0.4 is 5.32 Å². The second kappa shape index (κ2) is 5.98. The number of rotatable bonds is 6. The van der Waals surface area contributed by atoms with E-state index in [0.29, 0.717) is 6.04 Å². The van der Waals surface area contributed by atoms with E-state index in [4.69, 9.17) is 0 Å². The predicted molar refractivity (Wildman–Crippen MR) is 75.6 cm³/mol. The highest BCUT2D eigenvalue weighted by molar-refractivity contribution is 5.79. The van der Waals surface area contributed by atoms with E-state index in [-0.39, 0.29) is 0 Å². The number of H-pyrrole nitrogens is 1. The molecule has 2 aromatic rings. The maximum Gasteiger partial charge on any atom is 0.137 e. The number of fused-ring (bicyclic) bond motifs is 1. The van der Waals surface area contributed by atoms with Crippen molar-refractivity contribution in [1.29, 1.82) is 0 Å². The summed E-state index contributed by atoms with van der Waals surface area (Å²) in [4.78, 5) is 9.72. The molecule has 0 saturated carbocycles. The van der Waals surface area contributed by atoms with Gasteiger partial charge in [0.25, 0.3) is 0 Å². The van der Waals surface area contributed by atoms with Gasteiger partial charge in [0.1, 0.15) is 5.65 Å². The van der Waals surface area contributed by atoms with Crippen LogP contribution in [-0.2, 0) is 6.54 Å². The van der Waals surface area contributed by atoms with Gasteiger partial charge in [-0.3, -0.25) is 0 Å². The zero-order valence-electron chi connectivity index (χ0n) is 11.4. The van der Waals surface area contributed by atoms with Crippen LogP contribution in [0.5, 0.6) is 0 Å². The summed E-state index contributed by atoms with van der Waals surface area (Å²) in [7, 11) is 4.22. The first-order valence-electron chi connectivity index (χ1n) is 6.46. The number of aromatic nitrogens is 2. The molecule has 0 bridgehead atoms. The molecule has 0 aliphatic carbocycles. The lowest BCUT2D eigenvalue weighted by Gasteiger charge is -2.16. The van der Waals surface area contributed by atoms with E-state index in [1.807, 2.05) is 18.5 Å². The molecule has 0 saturated heterocycles. The van der Waals surface area contributed by atoms with Crippen LogP contribution in [0.15, 0.2) is 24.5 Å². The standard InChI is InChI=1S/C14H22N4/c1-11(6-8-18(2)3)16-9-12-10-17-14-13(12)5-4-7-15-14/h4-5,7,10-11,16H,6,8-9H2,1-3H3,(H,15,17). The molecule has 2 aromatic heterocycles. The summed E-state index contributed by atoms with van der Waals surface area (Å²) in [5, 5.41) is 4.77. The third-order valence-corrected chi connectivity index (χ3v) is 3.19. The van der Waals surface area contributed by atoms with Crippen LogP contribution in [0, 0.1) is 0 Å². The Kier molecular flexibility index (Phi) is 4.33. The van der Waals surface area contributed by atoms with Crippen LogP contribution in [0.25, 0.3) is 11.0 Å². The Hall–Kier alpha value is -1.39. The SMILES string of the molecule is CC(CCN(C)C)NCc1c[nH]c2ncccc12. The Balaban J connectivity index is 1.90. The lowest BCUT2D eigenvalue weighted by molar-refractivity contribution is 0.366. The molecule has 0 aromatic carbocycles. The molecular weight excluding hydrogens is 224 g/mol. The molecule has 0 radical (unpaired) electrons. The van der Waals surface area contributed by atoms with Crippen LogP contribution in [0.2, 0.25) is 0 Å². The minimum atomic E-state index is 0.522. The van der Waals surface area contributed by atoms with Crippen LogP contribution in [0.1, 0.15) is 18.9 Å². The van der Waals surface area contributed by atoms with Gasteiger partial charge < -0.3 is 15.2 Å². The third-order valence-electron chi connectivity index (χ3n) is 3.19. The molecule has 2 rings (SSSR count). The molecule has 1 atom stereocenters. The molecule has 2 heterocycles. The van der Waals surface area contributed by atoms with Gasteiger partial charge in [0.2, 0.25) is 0 Å². The quantitative estimate of drug-likeness (QED) is 0.819. The van der Waals surface area contributed by atoms with Gasteiger partial charge in [-0.1, -0.05) is 0 Å². The minimum absolute atomic E-state index is 0.522. The lowest BCUT2D eigenvalue weighted by atomic mass is 10.2. The number of hydrogen-bond acceptors (Lipinski definition) is 3. The minimum Gasteiger partial charge on any atom is -0.346 e. The average Bonchev–Trinajstić information content (AvgIpc) is 2.77. The zero-order chi connectivity index (χ0) is 13.0. The van der Waals surface area contributed by atoms with Crippen LogP contribution in [0.4, 0.5) is 0 Å². The number of hydrogen-bond donors (Lipinski definition) is 2. The second-order valence-corrected chi connectivity index (χ2v) is 5.09. The summed E-state index contributed by atoms with van der Waals surface area (Å²) in [6.07, 6.45) is 5.02. The van der Waals surface area contributed by atoms with E-state index in [0.717, 1.165) is 25.2 Å². The highest BCUT2D eigenvalue weighted by Gasteiger charge is 2.06. The van der Waals surface area contributed by atoms with Gasteiger partial charge in [-0.15, -0.1) is 0 Å². The molecule has 1 unspecified atom stereocenters. The monoisotopic (exact) mass is 246 g/mol. The van der Waals surface area contributed by atoms with Gasteiger partial charge in [-0.2, -0.15) is 0 Å². The largest absolute Gasteiger partial charge is 0.346 e. The van der Waals surface area contributed by atoms with Gasteiger partial charge in [0, 0.05) is 30.4 Å². The molecule has 0 fully saturated rings. The summed E-state index contributed by atoms with van der Waals surface area (Å²) in [6, 6.07) is 4.61. The van der Waals surface area contributed by atoms with Gasteiger partial charge in [0.15, 0.2) is 0 Å². The number of aromatic amines is 1. The van der Waals surface area contributed by atoms with Crippen molar-refractivity contribution in [2.45, 2.75) is 25.9 Å². The Bertz CT molecular complexity index is 489. The number of pyridine rings is 1. The lowest BCUT2D eigenvalue weighted by Crippen LogP contribution is -2.29. The van der Waals surface area contributed by atoms with Gasteiger partial charge >= 0.3 is 0 Å².